The van der Waals surface area contributed by atoms with Crippen LogP contribution >= 0.6 is 0 Å². The van der Waals surface area contributed by atoms with Gasteiger partial charge in [-0.25, -0.2) is 0 Å². The molecule has 0 bridgehead atoms. The summed E-state index contributed by atoms with van der Waals surface area (Å²) in [5.74, 6) is -0.692. The zero-order valence-corrected chi connectivity index (χ0v) is 15.0. The van der Waals surface area contributed by atoms with Crippen molar-refractivity contribution in [1.29, 1.82) is 0 Å². The Labute approximate surface area is 156 Å². The molecular formula is C18H23NO8. The summed E-state index contributed by atoms with van der Waals surface area (Å²) in [6.07, 6.45) is -4.38. The molecule has 0 aromatic heterocycles. The number of ether oxygens (including phenoxy) is 3. The van der Waals surface area contributed by atoms with Crippen molar-refractivity contribution in [1.82, 2.24) is 0 Å². The first-order valence-electron chi connectivity index (χ1n) is 8.46. The quantitative estimate of drug-likeness (QED) is 0.417. The van der Waals surface area contributed by atoms with Crippen LogP contribution in [0.15, 0.2) is 36.3 Å². The van der Waals surface area contributed by atoms with Gasteiger partial charge in [-0.05, 0) is 30.7 Å². The number of hydrogen-bond acceptors (Lipinski definition) is 8. The van der Waals surface area contributed by atoms with Crippen molar-refractivity contribution in [3.63, 3.8) is 0 Å². The van der Waals surface area contributed by atoms with Gasteiger partial charge in [0.2, 0.25) is 5.91 Å². The van der Waals surface area contributed by atoms with E-state index in [4.69, 9.17) is 14.2 Å². The van der Waals surface area contributed by atoms with Crippen molar-refractivity contribution < 1.29 is 39.1 Å². The molecule has 1 heterocycles. The maximum absolute atomic E-state index is 11.4. The van der Waals surface area contributed by atoms with Gasteiger partial charge in [0.15, 0.2) is 11.9 Å². The molecule has 1 saturated heterocycles. The number of amides is 1. The highest BCUT2D eigenvalue weighted by Crippen LogP contribution is 2.27. The molecule has 148 valence electrons. The van der Waals surface area contributed by atoms with Gasteiger partial charge in [0.1, 0.15) is 24.2 Å². The Morgan fingerprint density at radius 3 is 2.44 bits per heavy atom. The fraction of sp³-hybridized carbons (Fsp3) is 0.444. The third-order valence-electron chi connectivity index (χ3n) is 3.68. The Kier molecular flexibility index (Phi) is 7.17. The third kappa shape index (κ3) is 5.68. The highest BCUT2D eigenvalue weighted by Gasteiger charge is 2.43. The molecule has 1 aliphatic rings. The van der Waals surface area contributed by atoms with E-state index in [9.17, 15) is 24.9 Å². The summed E-state index contributed by atoms with van der Waals surface area (Å²) in [6.45, 7) is 3.19. The minimum Gasteiger partial charge on any atom is -0.452 e. The third-order valence-corrected chi connectivity index (χ3v) is 3.68. The standard InChI is InChI=1S/C18H23NO8/c1-3-4-14(21)25-9-13-15(22)16(23)17(24)18(27-13)26-12-7-5-11(6-8-12)19-10(2)20/h5-9,15-18,22-24H,3-4H2,1-2H3,(H,19,20)/b13-9+/t15-,16?,17?,18+/m1/s1. The maximum atomic E-state index is 11.4. The van der Waals surface area contributed by atoms with Crippen molar-refractivity contribution in [3.8, 4) is 5.75 Å². The number of carbonyl (C=O) groups is 2. The van der Waals surface area contributed by atoms with Gasteiger partial charge in [-0.3, -0.25) is 9.59 Å². The van der Waals surface area contributed by atoms with Gasteiger partial charge in [0, 0.05) is 19.0 Å². The fourth-order valence-electron chi connectivity index (χ4n) is 2.32. The molecule has 2 unspecified atom stereocenters. The molecule has 4 N–H and O–H groups in total. The summed E-state index contributed by atoms with van der Waals surface area (Å²) < 4.78 is 15.7. The van der Waals surface area contributed by atoms with Crippen molar-refractivity contribution >= 4 is 17.6 Å². The van der Waals surface area contributed by atoms with Crippen molar-refractivity contribution in [2.75, 3.05) is 5.32 Å². The first-order chi connectivity index (χ1) is 12.8. The second-order valence-corrected chi connectivity index (χ2v) is 6.00. The lowest BCUT2D eigenvalue weighted by molar-refractivity contribution is -0.215. The number of carbonyl (C=O) groups excluding carboxylic acids is 2. The smallest absolute Gasteiger partial charge is 0.310 e. The molecule has 0 saturated carbocycles. The van der Waals surface area contributed by atoms with Crippen LogP contribution in [-0.2, 0) is 19.1 Å². The van der Waals surface area contributed by atoms with E-state index >= 15 is 0 Å². The summed E-state index contributed by atoms with van der Waals surface area (Å²) in [6, 6.07) is 6.23. The van der Waals surface area contributed by atoms with Crippen molar-refractivity contribution in [2.24, 2.45) is 0 Å². The van der Waals surface area contributed by atoms with E-state index in [2.05, 4.69) is 5.32 Å². The second-order valence-electron chi connectivity index (χ2n) is 6.00. The number of anilines is 1. The normalized spacial score (nSPS) is 26.2. The van der Waals surface area contributed by atoms with Crippen molar-refractivity contribution in [2.45, 2.75) is 51.3 Å². The molecule has 0 aliphatic carbocycles. The summed E-state index contributed by atoms with van der Waals surface area (Å²) in [5, 5.41) is 32.6. The molecule has 0 spiro atoms. The molecule has 9 heteroatoms. The number of esters is 1. The molecule has 1 fully saturated rings. The zero-order valence-electron chi connectivity index (χ0n) is 15.0. The predicted molar refractivity (Wildman–Crippen MR) is 93.4 cm³/mol. The minimum atomic E-state index is -1.60. The largest absolute Gasteiger partial charge is 0.452 e. The van der Waals surface area contributed by atoms with E-state index in [0.29, 0.717) is 17.9 Å². The summed E-state index contributed by atoms with van der Waals surface area (Å²) in [4.78, 5) is 22.5. The highest BCUT2D eigenvalue weighted by molar-refractivity contribution is 5.88. The molecule has 2 rings (SSSR count). The number of benzene rings is 1. The summed E-state index contributed by atoms with van der Waals surface area (Å²) >= 11 is 0. The zero-order chi connectivity index (χ0) is 20.0. The van der Waals surface area contributed by atoms with E-state index in [-0.39, 0.29) is 18.1 Å². The van der Waals surface area contributed by atoms with E-state index in [1.54, 1.807) is 12.1 Å². The Balaban J connectivity index is 2.07. The Morgan fingerprint density at radius 1 is 1.19 bits per heavy atom. The molecule has 1 amide bonds. The lowest BCUT2D eigenvalue weighted by Gasteiger charge is -2.36. The molecule has 0 radical (unpaired) electrons. The average Bonchev–Trinajstić information content (AvgIpc) is 2.62. The number of rotatable bonds is 6. The van der Waals surface area contributed by atoms with Gasteiger partial charge in [-0.15, -0.1) is 0 Å². The van der Waals surface area contributed by atoms with Crippen LogP contribution in [-0.4, -0.2) is 51.8 Å². The van der Waals surface area contributed by atoms with E-state index in [1.807, 2.05) is 6.92 Å². The molecule has 1 aromatic rings. The monoisotopic (exact) mass is 381 g/mol. The molecule has 1 aromatic carbocycles. The van der Waals surface area contributed by atoms with Crippen LogP contribution < -0.4 is 10.1 Å². The first kappa shape index (κ1) is 20.7. The first-order valence-corrected chi connectivity index (χ1v) is 8.46. The van der Waals surface area contributed by atoms with Gasteiger partial charge >= 0.3 is 5.97 Å². The number of hydrogen-bond donors (Lipinski definition) is 4. The Bertz CT molecular complexity index is 687. The van der Waals surface area contributed by atoms with Gasteiger partial charge in [-0.2, -0.15) is 0 Å². The van der Waals surface area contributed by atoms with Crippen molar-refractivity contribution in [3.05, 3.63) is 36.3 Å². The van der Waals surface area contributed by atoms with Gasteiger partial charge in [0.05, 0.1) is 0 Å². The predicted octanol–water partition coefficient (Wildman–Crippen LogP) is 0.647. The molecule has 27 heavy (non-hydrogen) atoms. The minimum absolute atomic E-state index is 0.186. The lowest BCUT2D eigenvalue weighted by atomic mass is 10.0. The van der Waals surface area contributed by atoms with Crippen LogP contribution in [0.3, 0.4) is 0 Å². The van der Waals surface area contributed by atoms with E-state index in [0.717, 1.165) is 6.26 Å². The van der Waals surface area contributed by atoms with Gasteiger partial charge in [0.25, 0.3) is 6.29 Å². The second kappa shape index (κ2) is 9.36. The van der Waals surface area contributed by atoms with Crippen LogP contribution in [0.2, 0.25) is 0 Å². The maximum Gasteiger partial charge on any atom is 0.310 e. The highest BCUT2D eigenvalue weighted by atomic mass is 16.7. The topological polar surface area (TPSA) is 135 Å². The molecule has 4 atom stereocenters. The average molecular weight is 381 g/mol. The van der Waals surface area contributed by atoms with E-state index in [1.165, 1.54) is 19.1 Å². The SMILES string of the molecule is CCCC(=O)O/C=C1/O[C@H](Oc2ccc(NC(C)=O)cc2)C(O)C(O)[C@@H]1O. The molecule has 9 nitrogen and oxygen atoms in total. The Morgan fingerprint density at radius 2 is 1.85 bits per heavy atom. The molecular weight excluding hydrogens is 358 g/mol. The van der Waals surface area contributed by atoms with Crippen LogP contribution in [0.5, 0.6) is 5.75 Å². The van der Waals surface area contributed by atoms with E-state index < -0.39 is 30.6 Å². The van der Waals surface area contributed by atoms with Crippen LogP contribution in [0.1, 0.15) is 26.7 Å². The summed E-state index contributed by atoms with van der Waals surface area (Å²) in [5.41, 5.74) is 0.554. The number of aliphatic hydroxyl groups excluding tert-OH is 3. The number of aliphatic hydroxyl groups is 3. The van der Waals surface area contributed by atoms with Crippen LogP contribution in [0.25, 0.3) is 0 Å². The summed E-state index contributed by atoms with van der Waals surface area (Å²) in [7, 11) is 0. The number of nitrogens with one attached hydrogen (secondary N) is 1. The Hall–Kier alpha value is -2.62. The lowest BCUT2D eigenvalue weighted by Crippen LogP contribution is -2.53. The van der Waals surface area contributed by atoms with Crippen LogP contribution in [0, 0.1) is 0 Å². The van der Waals surface area contributed by atoms with Gasteiger partial charge in [-0.1, -0.05) is 6.92 Å². The van der Waals surface area contributed by atoms with Crippen LogP contribution in [0.4, 0.5) is 5.69 Å². The van der Waals surface area contributed by atoms with Gasteiger partial charge < -0.3 is 34.8 Å². The fourth-order valence-corrected chi connectivity index (χ4v) is 2.32. The molecule has 1 aliphatic heterocycles.